The molecule has 8 heteroatoms. The van der Waals surface area contributed by atoms with Crippen LogP contribution in [0.3, 0.4) is 0 Å². The monoisotopic (exact) mass is 555 g/mol. The second kappa shape index (κ2) is 11.6. The molecule has 40 heavy (non-hydrogen) atoms. The zero-order valence-corrected chi connectivity index (χ0v) is 23.5. The molecule has 4 rings (SSSR count). The Balaban J connectivity index is 1.66. The van der Waals surface area contributed by atoms with Crippen LogP contribution in [-0.4, -0.2) is 23.2 Å². The lowest BCUT2D eigenvalue weighted by molar-refractivity contribution is -0.142. The van der Waals surface area contributed by atoms with Crippen LogP contribution < -0.4 is 4.74 Å². The first kappa shape index (κ1) is 29.6. The van der Waals surface area contributed by atoms with Gasteiger partial charge in [0.05, 0.1) is 12.0 Å². The summed E-state index contributed by atoms with van der Waals surface area (Å²) >= 11 is 0. The van der Waals surface area contributed by atoms with E-state index in [4.69, 9.17) is 9.47 Å². The van der Waals surface area contributed by atoms with Crippen molar-refractivity contribution in [2.75, 3.05) is 7.11 Å². The molecule has 3 unspecified atom stereocenters. The Kier molecular flexibility index (Phi) is 8.59. The average Bonchev–Trinajstić information content (AvgIpc) is 2.90. The van der Waals surface area contributed by atoms with Gasteiger partial charge in [-0.2, -0.15) is 13.2 Å². The van der Waals surface area contributed by atoms with Crippen LogP contribution in [0.15, 0.2) is 54.7 Å². The van der Waals surface area contributed by atoms with E-state index in [1.807, 2.05) is 51.1 Å². The number of halogens is 3. The highest BCUT2D eigenvalue weighted by atomic mass is 19.4. The SMILES string of the molecule is COC(c1cc(COc2ccc3c(c2)C(C(C)C(=O)O)CCC3)ccc1-c1ccnc(C(F)(F)F)c1)C(C)(C)C. The van der Waals surface area contributed by atoms with Gasteiger partial charge in [-0.15, -0.1) is 0 Å². The molecule has 3 atom stereocenters. The Morgan fingerprint density at radius 3 is 2.50 bits per heavy atom. The van der Waals surface area contributed by atoms with Gasteiger partial charge >= 0.3 is 12.1 Å². The van der Waals surface area contributed by atoms with E-state index in [1.165, 1.54) is 6.20 Å². The fraction of sp³-hybridized carbons (Fsp3) is 0.438. The number of carboxylic acid groups (broad SMARTS) is 1. The molecule has 1 N–H and O–H groups in total. The molecule has 0 spiro atoms. The molecule has 0 radical (unpaired) electrons. The summed E-state index contributed by atoms with van der Waals surface area (Å²) in [5.74, 6) is -0.706. The Bertz CT molecular complexity index is 1360. The third kappa shape index (κ3) is 6.49. The number of pyridine rings is 1. The second-order valence-corrected chi connectivity index (χ2v) is 11.6. The smallest absolute Gasteiger partial charge is 0.433 e. The van der Waals surface area contributed by atoms with E-state index in [0.29, 0.717) is 16.9 Å². The number of nitrogens with zero attached hydrogens (tertiary/aromatic N) is 1. The van der Waals surface area contributed by atoms with Gasteiger partial charge in [-0.1, -0.05) is 45.9 Å². The van der Waals surface area contributed by atoms with E-state index in [-0.39, 0.29) is 17.9 Å². The van der Waals surface area contributed by atoms with Crippen molar-refractivity contribution in [1.29, 1.82) is 0 Å². The van der Waals surface area contributed by atoms with Gasteiger partial charge in [-0.25, -0.2) is 0 Å². The van der Waals surface area contributed by atoms with Crippen molar-refractivity contribution >= 4 is 5.97 Å². The minimum atomic E-state index is -4.55. The summed E-state index contributed by atoms with van der Waals surface area (Å²) in [6.45, 7) is 8.03. The van der Waals surface area contributed by atoms with Crippen LogP contribution >= 0.6 is 0 Å². The van der Waals surface area contributed by atoms with E-state index in [1.54, 1.807) is 26.2 Å². The fourth-order valence-electron chi connectivity index (χ4n) is 5.64. The molecule has 0 saturated heterocycles. The molecule has 3 aromatic rings. The highest BCUT2D eigenvalue weighted by Crippen LogP contribution is 2.42. The van der Waals surface area contributed by atoms with Crippen LogP contribution in [0.5, 0.6) is 5.75 Å². The number of hydrogen-bond acceptors (Lipinski definition) is 4. The first-order chi connectivity index (χ1) is 18.8. The highest BCUT2D eigenvalue weighted by Gasteiger charge is 2.34. The topological polar surface area (TPSA) is 68.7 Å². The maximum atomic E-state index is 13.4. The van der Waals surface area contributed by atoms with Crippen molar-refractivity contribution in [3.05, 3.63) is 82.7 Å². The average molecular weight is 556 g/mol. The van der Waals surface area contributed by atoms with Crippen molar-refractivity contribution in [2.45, 2.75) is 71.8 Å². The largest absolute Gasteiger partial charge is 0.489 e. The summed E-state index contributed by atoms with van der Waals surface area (Å²) in [7, 11) is 1.60. The summed E-state index contributed by atoms with van der Waals surface area (Å²) in [5.41, 5.74) is 3.54. The molecule has 0 fully saturated rings. The summed E-state index contributed by atoms with van der Waals surface area (Å²) in [6.07, 6.45) is -1.07. The summed E-state index contributed by atoms with van der Waals surface area (Å²) in [5, 5.41) is 9.59. The number of alkyl halides is 3. The van der Waals surface area contributed by atoms with Gasteiger partial charge in [0.25, 0.3) is 0 Å². The molecule has 1 aliphatic carbocycles. The lowest BCUT2D eigenvalue weighted by Gasteiger charge is -2.32. The molecule has 5 nitrogen and oxygen atoms in total. The third-order valence-electron chi connectivity index (χ3n) is 7.66. The Morgan fingerprint density at radius 2 is 1.85 bits per heavy atom. The highest BCUT2D eigenvalue weighted by molar-refractivity contribution is 5.71. The summed E-state index contributed by atoms with van der Waals surface area (Å²) in [4.78, 5) is 15.2. The van der Waals surface area contributed by atoms with Gasteiger partial charge in [-0.3, -0.25) is 9.78 Å². The molecule has 0 bridgehead atoms. The zero-order chi connectivity index (χ0) is 29.2. The van der Waals surface area contributed by atoms with Gasteiger partial charge in [0.1, 0.15) is 18.1 Å². The molecule has 1 heterocycles. The van der Waals surface area contributed by atoms with Crippen molar-refractivity contribution in [2.24, 2.45) is 11.3 Å². The van der Waals surface area contributed by atoms with Crippen LogP contribution in [0.25, 0.3) is 11.1 Å². The minimum absolute atomic E-state index is 0.0631. The number of fused-ring (bicyclic) bond motifs is 1. The quantitative estimate of drug-likeness (QED) is 0.303. The second-order valence-electron chi connectivity index (χ2n) is 11.6. The summed E-state index contributed by atoms with van der Waals surface area (Å²) in [6, 6.07) is 14.1. The van der Waals surface area contributed by atoms with E-state index < -0.39 is 29.9 Å². The number of ether oxygens (including phenoxy) is 2. The molecule has 214 valence electrons. The van der Waals surface area contributed by atoms with Crippen molar-refractivity contribution in [3.8, 4) is 16.9 Å². The number of aryl methyl sites for hydroxylation is 1. The van der Waals surface area contributed by atoms with Crippen LogP contribution in [-0.2, 0) is 28.7 Å². The number of benzene rings is 2. The first-order valence-electron chi connectivity index (χ1n) is 13.5. The molecule has 0 aliphatic heterocycles. The maximum Gasteiger partial charge on any atom is 0.433 e. The Labute approximate surface area is 233 Å². The lowest BCUT2D eigenvalue weighted by atomic mass is 9.76. The van der Waals surface area contributed by atoms with E-state index in [9.17, 15) is 23.1 Å². The molecule has 0 amide bonds. The maximum absolute atomic E-state index is 13.4. The van der Waals surface area contributed by atoms with Gasteiger partial charge in [0.2, 0.25) is 0 Å². The molecular formula is C32H36F3NO4. The van der Waals surface area contributed by atoms with Gasteiger partial charge < -0.3 is 14.6 Å². The van der Waals surface area contributed by atoms with E-state index in [0.717, 1.165) is 47.6 Å². The number of hydrogen-bond donors (Lipinski definition) is 1. The number of methoxy groups -OCH3 is 1. The van der Waals surface area contributed by atoms with E-state index in [2.05, 4.69) is 4.98 Å². The molecule has 0 saturated carbocycles. The lowest BCUT2D eigenvalue weighted by Crippen LogP contribution is -2.23. The number of aromatic nitrogens is 1. The normalized spacial score (nSPS) is 17.1. The zero-order valence-electron chi connectivity index (χ0n) is 23.5. The van der Waals surface area contributed by atoms with Crippen LogP contribution in [0.4, 0.5) is 13.2 Å². The van der Waals surface area contributed by atoms with Crippen LogP contribution in [0.1, 0.15) is 80.5 Å². The predicted molar refractivity (Wildman–Crippen MR) is 147 cm³/mol. The first-order valence-corrected chi connectivity index (χ1v) is 13.5. The van der Waals surface area contributed by atoms with Gasteiger partial charge in [-0.05, 0) is 94.3 Å². The Morgan fingerprint density at radius 1 is 1.10 bits per heavy atom. The van der Waals surface area contributed by atoms with E-state index >= 15 is 0 Å². The fourth-order valence-corrected chi connectivity index (χ4v) is 5.64. The van der Waals surface area contributed by atoms with Crippen LogP contribution in [0.2, 0.25) is 0 Å². The minimum Gasteiger partial charge on any atom is -0.489 e. The van der Waals surface area contributed by atoms with Gasteiger partial charge in [0, 0.05) is 13.3 Å². The van der Waals surface area contributed by atoms with Gasteiger partial charge in [0.15, 0.2) is 0 Å². The molecule has 1 aromatic heterocycles. The summed E-state index contributed by atoms with van der Waals surface area (Å²) < 4.78 is 52.2. The van der Waals surface area contributed by atoms with Crippen molar-refractivity contribution < 1.29 is 32.5 Å². The van der Waals surface area contributed by atoms with Crippen LogP contribution in [0, 0.1) is 11.3 Å². The predicted octanol–water partition coefficient (Wildman–Crippen LogP) is 8.22. The number of aliphatic carboxylic acids is 1. The number of rotatable bonds is 8. The molecule has 1 aliphatic rings. The Hall–Kier alpha value is -3.39. The number of carboxylic acids is 1. The standard InChI is InChI=1S/C32H36F3NO4/c1-19(30(37)38)24-8-6-7-21-10-11-23(17-26(21)24)40-18-20-9-12-25(27(15-20)29(39-5)31(2,3)4)22-13-14-36-28(16-22)32(33,34)35/h9-17,19,24,29H,6-8,18H2,1-5H3,(H,37,38). The molecular weight excluding hydrogens is 519 g/mol. The third-order valence-corrected chi connectivity index (χ3v) is 7.66. The number of carbonyl (C=O) groups is 1. The molecule has 2 aromatic carbocycles. The van der Waals surface area contributed by atoms with Crippen molar-refractivity contribution in [1.82, 2.24) is 4.98 Å². The van der Waals surface area contributed by atoms with Crippen molar-refractivity contribution in [3.63, 3.8) is 0 Å².